The van der Waals surface area contributed by atoms with E-state index in [-0.39, 0.29) is 26.1 Å². The van der Waals surface area contributed by atoms with Gasteiger partial charge in [0.1, 0.15) is 19.8 Å². The number of allylic oxidation sites excluding steroid dienone is 4. The summed E-state index contributed by atoms with van der Waals surface area (Å²) in [6.07, 6.45) is 42.2. The van der Waals surface area contributed by atoms with E-state index >= 15 is 0 Å². The first-order valence-electron chi connectivity index (χ1n) is 23.8. The van der Waals surface area contributed by atoms with Crippen LogP contribution in [0.15, 0.2) is 36.5 Å². The van der Waals surface area contributed by atoms with Crippen molar-refractivity contribution in [3.63, 3.8) is 0 Å². The van der Waals surface area contributed by atoms with Crippen LogP contribution in [0.4, 0.5) is 0 Å². The number of hydrogen-bond acceptors (Lipinski definition) is 9. The molecular weight excluding hydrogens is 765 g/mol. The molecule has 0 saturated heterocycles. The summed E-state index contributed by atoms with van der Waals surface area (Å²) in [5.41, 5.74) is 0. The fourth-order valence-electron chi connectivity index (χ4n) is 6.51. The zero-order valence-electron chi connectivity index (χ0n) is 38.6. The topological polar surface area (TPSA) is 131 Å². The lowest BCUT2D eigenvalue weighted by atomic mass is 10.0. The van der Waals surface area contributed by atoms with Gasteiger partial charge in [-0.2, -0.15) is 0 Å². The Balaban J connectivity index is 4.33. The minimum atomic E-state index is -4.64. The molecule has 0 amide bonds. The Morgan fingerprint density at radius 3 is 1.63 bits per heavy atom. The maximum absolute atomic E-state index is 12.7. The van der Waals surface area contributed by atoms with Crippen LogP contribution in [-0.4, -0.2) is 81.2 Å². The number of phosphoric ester groups is 1. The summed E-state index contributed by atoms with van der Waals surface area (Å²) in [6.45, 7) is 4.00. The van der Waals surface area contributed by atoms with Crippen LogP contribution in [-0.2, 0) is 32.7 Å². The van der Waals surface area contributed by atoms with Crippen LogP contribution in [0.2, 0.25) is 0 Å². The summed E-state index contributed by atoms with van der Waals surface area (Å²) in [6, 6.07) is 0. The van der Waals surface area contributed by atoms with Crippen LogP contribution in [0, 0.1) is 0 Å². The standard InChI is InChI=1S/C48H90NO9P/c1-6-8-10-11-12-13-14-15-16-17-18-19-20-21-22-25-29-32-36-40-48(52)58-46(44-57-59(53,54)56-42-41-49(3,4)5)43-55-47(51)39-35-31-28-26-23-24-27-30-34-38-45(50)37-33-9-7-2/h9,27,30,33-34,38,45-46,50H,6-8,10-26,28-29,31-32,35-37,39-44H2,1-5H3/b30-27+,33-9+,38-34+/t45?,46-/m1/s1. The number of nitrogens with zero attached hydrogens (tertiary/aromatic N) is 1. The lowest BCUT2D eigenvalue weighted by molar-refractivity contribution is -0.870. The zero-order valence-corrected chi connectivity index (χ0v) is 39.5. The Kier molecular flexibility index (Phi) is 39.0. The van der Waals surface area contributed by atoms with Crippen molar-refractivity contribution in [2.45, 2.75) is 212 Å². The summed E-state index contributed by atoms with van der Waals surface area (Å²) in [7, 11) is 1.13. The molecule has 0 saturated carbocycles. The molecule has 0 fully saturated rings. The van der Waals surface area contributed by atoms with Crippen molar-refractivity contribution in [3.8, 4) is 0 Å². The number of carbonyl (C=O) groups excluding carboxylic acids is 2. The number of quaternary nitrogens is 1. The van der Waals surface area contributed by atoms with Gasteiger partial charge in [0.05, 0.1) is 33.9 Å². The number of carbonyl (C=O) groups is 2. The smallest absolute Gasteiger partial charge is 0.306 e. The predicted molar refractivity (Wildman–Crippen MR) is 242 cm³/mol. The first-order chi connectivity index (χ1) is 28.4. The Morgan fingerprint density at radius 1 is 0.627 bits per heavy atom. The highest BCUT2D eigenvalue weighted by molar-refractivity contribution is 7.45. The van der Waals surface area contributed by atoms with Crippen molar-refractivity contribution in [2.75, 3.05) is 47.5 Å². The van der Waals surface area contributed by atoms with Crippen LogP contribution >= 0.6 is 7.82 Å². The molecule has 3 atom stereocenters. The van der Waals surface area contributed by atoms with E-state index in [0.29, 0.717) is 30.3 Å². The second kappa shape index (κ2) is 40.3. The maximum Gasteiger partial charge on any atom is 0.306 e. The van der Waals surface area contributed by atoms with Gasteiger partial charge in [-0.1, -0.05) is 185 Å². The fraction of sp³-hybridized carbons (Fsp3) is 0.833. The summed E-state index contributed by atoms with van der Waals surface area (Å²) < 4.78 is 33.9. The summed E-state index contributed by atoms with van der Waals surface area (Å²) in [4.78, 5) is 37.6. The van der Waals surface area contributed by atoms with Gasteiger partial charge in [0, 0.05) is 12.8 Å². The molecule has 0 aromatic rings. The number of hydrogen-bond donors (Lipinski definition) is 1. The number of aliphatic hydroxyl groups excluding tert-OH is 1. The molecule has 0 rings (SSSR count). The monoisotopic (exact) mass is 856 g/mol. The summed E-state index contributed by atoms with van der Waals surface area (Å²) in [5.74, 6) is -0.881. The molecule has 346 valence electrons. The second-order valence-electron chi connectivity index (χ2n) is 17.3. The van der Waals surface area contributed by atoms with Crippen molar-refractivity contribution in [1.82, 2.24) is 0 Å². The van der Waals surface area contributed by atoms with Gasteiger partial charge in [-0.3, -0.25) is 14.2 Å². The van der Waals surface area contributed by atoms with Crippen molar-refractivity contribution in [3.05, 3.63) is 36.5 Å². The molecule has 1 N–H and O–H groups in total. The Bertz CT molecular complexity index is 1120. The highest BCUT2D eigenvalue weighted by Gasteiger charge is 2.21. The Hall–Kier alpha value is -1.81. The van der Waals surface area contributed by atoms with E-state index < -0.39 is 38.6 Å². The number of unbranched alkanes of at least 4 members (excludes halogenated alkanes) is 23. The molecule has 0 spiro atoms. The molecule has 0 bridgehead atoms. The summed E-state index contributed by atoms with van der Waals surface area (Å²) >= 11 is 0. The molecule has 2 unspecified atom stereocenters. The van der Waals surface area contributed by atoms with E-state index in [9.17, 15) is 24.2 Å². The average Bonchev–Trinajstić information content (AvgIpc) is 3.18. The lowest BCUT2D eigenvalue weighted by Gasteiger charge is -2.28. The van der Waals surface area contributed by atoms with E-state index in [0.717, 1.165) is 57.8 Å². The van der Waals surface area contributed by atoms with Crippen LogP contribution < -0.4 is 4.89 Å². The molecule has 0 aliphatic rings. The molecule has 11 heteroatoms. The normalized spacial score (nSPS) is 14.4. The molecule has 10 nitrogen and oxygen atoms in total. The predicted octanol–water partition coefficient (Wildman–Crippen LogP) is 12.0. The minimum absolute atomic E-state index is 0.0421. The van der Waals surface area contributed by atoms with Crippen molar-refractivity contribution in [2.24, 2.45) is 0 Å². The largest absolute Gasteiger partial charge is 0.756 e. The van der Waals surface area contributed by atoms with Gasteiger partial charge >= 0.3 is 11.9 Å². The molecule has 0 aliphatic heterocycles. The van der Waals surface area contributed by atoms with E-state index in [1.54, 1.807) is 6.08 Å². The first kappa shape index (κ1) is 57.2. The van der Waals surface area contributed by atoms with E-state index in [1.807, 2.05) is 45.4 Å². The third kappa shape index (κ3) is 44.1. The van der Waals surface area contributed by atoms with Gasteiger partial charge in [0.2, 0.25) is 0 Å². The van der Waals surface area contributed by atoms with E-state index in [2.05, 4.69) is 19.9 Å². The van der Waals surface area contributed by atoms with Crippen molar-refractivity contribution in [1.29, 1.82) is 0 Å². The number of ether oxygens (including phenoxy) is 2. The third-order valence-electron chi connectivity index (χ3n) is 10.3. The minimum Gasteiger partial charge on any atom is -0.756 e. The van der Waals surface area contributed by atoms with Crippen LogP contribution in [0.1, 0.15) is 200 Å². The Labute approximate surface area is 362 Å². The van der Waals surface area contributed by atoms with Crippen LogP contribution in [0.25, 0.3) is 0 Å². The molecule has 0 aliphatic carbocycles. The van der Waals surface area contributed by atoms with Gasteiger partial charge in [0.15, 0.2) is 6.10 Å². The van der Waals surface area contributed by atoms with Crippen LogP contribution in [0.5, 0.6) is 0 Å². The van der Waals surface area contributed by atoms with Gasteiger partial charge in [0.25, 0.3) is 7.82 Å². The third-order valence-corrected chi connectivity index (χ3v) is 11.2. The SMILES string of the molecule is CC/C=C/CC(O)/C=C/C=C/CCCCCCCC(=O)OC[C@H](COP(=O)([O-])OCC[N+](C)(C)C)OC(=O)CCCCCCCCCCCCCCCCCCCCC. The zero-order chi connectivity index (χ0) is 43.7. The van der Waals surface area contributed by atoms with Crippen molar-refractivity contribution >= 4 is 19.8 Å². The van der Waals surface area contributed by atoms with Gasteiger partial charge in [-0.05, 0) is 38.5 Å². The maximum atomic E-state index is 12.7. The number of phosphoric acid groups is 1. The van der Waals surface area contributed by atoms with Gasteiger partial charge in [-0.25, -0.2) is 0 Å². The number of likely N-dealkylation sites (N-methyl/N-ethyl adjacent to an activating group) is 1. The molecule has 0 aromatic heterocycles. The average molecular weight is 856 g/mol. The number of rotatable bonds is 43. The van der Waals surface area contributed by atoms with Gasteiger partial charge in [-0.15, -0.1) is 0 Å². The van der Waals surface area contributed by atoms with Crippen molar-refractivity contribution < 1.29 is 47.2 Å². The molecule has 0 aromatic carbocycles. The van der Waals surface area contributed by atoms with Gasteiger partial charge < -0.3 is 33.0 Å². The summed E-state index contributed by atoms with van der Waals surface area (Å²) in [5, 5.41) is 9.89. The van der Waals surface area contributed by atoms with E-state index in [1.165, 1.54) is 96.3 Å². The first-order valence-corrected chi connectivity index (χ1v) is 25.3. The lowest BCUT2D eigenvalue weighted by Crippen LogP contribution is -2.37. The Morgan fingerprint density at radius 2 is 1.12 bits per heavy atom. The molecule has 0 radical (unpaired) electrons. The van der Waals surface area contributed by atoms with Crippen LogP contribution in [0.3, 0.4) is 0 Å². The highest BCUT2D eigenvalue weighted by Crippen LogP contribution is 2.38. The molecule has 0 heterocycles. The van der Waals surface area contributed by atoms with E-state index in [4.69, 9.17) is 18.5 Å². The molecule has 59 heavy (non-hydrogen) atoms. The fourth-order valence-corrected chi connectivity index (χ4v) is 7.24. The number of esters is 2. The second-order valence-corrected chi connectivity index (χ2v) is 18.7. The highest BCUT2D eigenvalue weighted by atomic mass is 31.2. The number of aliphatic hydroxyl groups is 1. The molecular formula is C48H90NO9P. The quantitative estimate of drug-likeness (QED) is 0.0159.